The zero-order valence-corrected chi connectivity index (χ0v) is 12.0. The van der Waals surface area contributed by atoms with E-state index in [2.05, 4.69) is 10.6 Å². The normalized spacial score (nSPS) is 20.2. The van der Waals surface area contributed by atoms with Gasteiger partial charge in [0.15, 0.2) is 9.84 Å². The van der Waals surface area contributed by atoms with E-state index in [1.54, 1.807) is 0 Å². The number of carbonyl (C=O) groups excluding carboxylic acids is 1. The molecule has 1 aliphatic rings. The number of carbonyl (C=O) groups is 1. The highest BCUT2D eigenvalue weighted by atomic mass is 32.2. The van der Waals surface area contributed by atoms with E-state index in [1.807, 2.05) is 0 Å². The summed E-state index contributed by atoms with van der Waals surface area (Å²) >= 11 is 0. The molecule has 0 saturated carbocycles. The van der Waals surface area contributed by atoms with E-state index >= 15 is 0 Å². The molecule has 1 aliphatic heterocycles. The fraction of sp³-hybridized carbons (Fsp3) is 0.462. The minimum Gasteiger partial charge on any atom is -0.355 e. The monoisotopic (exact) mass is 300 g/mol. The molecule has 1 unspecified atom stereocenters. The molecule has 0 spiro atoms. The van der Waals surface area contributed by atoms with Gasteiger partial charge in [-0.25, -0.2) is 12.8 Å². The molecule has 0 aliphatic carbocycles. The van der Waals surface area contributed by atoms with Gasteiger partial charge in [0, 0.05) is 26.1 Å². The number of sulfone groups is 1. The average Bonchev–Trinajstić information content (AvgIpc) is 2.36. The number of halogens is 1. The van der Waals surface area contributed by atoms with E-state index in [0.29, 0.717) is 25.1 Å². The van der Waals surface area contributed by atoms with Gasteiger partial charge >= 0.3 is 0 Å². The standard InChI is InChI=1S/C13H17FN2O3S/c1-9(17)15-5-6-16-12-4-7-20(18,19)13-3-2-10(14)8-11(12)13/h2-3,8,12,16H,4-7H2,1H3,(H,15,17). The van der Waals surface area contributed by atoms with E-state index < -0.39 is 15.7 Å². The van der Waals surface area contributed by atoms with Gasteiger partial charge in [-0.1, -0.05) is 0 Å². The van der Waals surface area contributed by atoms with Gasteiger partial charge < -0.3 is 10.6 Å². The summed E-state index contributed by atoms with van der Waals surface area (Å²) in [6.45, 7) is 2.38. The van der Waals surface area contributed by atoms with Crippen molar-refractivity contribution in [3.8, 4) is 0 Å². The first-order chi connectivity index (χ1) is 9.40. The Morgan fingerprint density at radius 3 is 2.85 bits per heavy atom. The molecule has 0 aromatic heterocycles. The molecule has 7 heteroatoms. The van der Waals surface area contributed by atoms with Crippen LogP contribution in [0.15, 0.2) is 23.1 Å². The van der Waals surface area contributed by atoms with E-state index in [4.69, 9.17) is 0 Å². The average molecular weight is 300 g/mol. The van der Waals surface area contributed by atoms with Crippen LogP contribution in [-0.2, 0) is 14.6 Å². The predicted molar refractivity (Wildman–Crippen MR) is 72.5 cm³/mol. The molecule has 1 aromatic rings. The molecule has 0 saturated heterocycles. The highest BCUT2D eigenvalue weighted by Gasteiger charge is 2.30. The minimum absolute atomic E-state index is 0.0451. The van der Waals surface area contributed by atoms with E-state index in [0.717, 1.165) is 6.07 Å². The van der Waals surface area contributed by atoms with Crippen LogP contribution in [0.1, 0.15) is 24.9 Å². The summed E-state index contributed by atoms with van der Waals surface area (Å²) in [5, 5.41) is 5.80. The van der Waals surface area contributed by atoms with Crippen molar-refractivity contribution in [1.82, 2.24) is 10.6 Å². The molecule has 1 aromatic carbocycles. The fourth-order valence-electron chi connectivity index (χ4n) is 2.31. The molecule has 1 amide bonds. The molecule has 0 radical (unpaired) electrons. The summed E-state index contributed by atoms with van der Waals surface area (Å²) in [7, 11) is -3.31. The Morgan fingerprint density at radius 1 is 1.40 bits per heavy atom. The first kappa shape index (κ1) is 14.9. The van der Waals surface area contributed by atoms with Crippen LogP contribution in [0, 0.1) is 5.82 Å². The second kappa shape index (κ2) is 5.88. The Bertz CT molecular complexity index is 616. The number of hydrogen-bond donors (Lipinski definition) is 2. The quantitative estimate of drug-likeness (QED) is 0.636. The number of fused-ring (bicyclic) bond motifs is 1. The molecule has 5 nitrogen and oxygen atoms in total. The first-order valence-corrected chi connectivity index (χ1v) is 8.05. The topological polar surface area (TPSA) is 75.3 Å². The van der Waals surface area contributed by atoms with Crippen LogP contribution < -0.4 is 10.6 Å². The van der Waals surface area contributed by atoms with Crippen molar-refractivity contribution in [2.75, 3.05) is 18.8 Å². The third-order valence-electron chi connectivity index (χ3n) is 3.25. The van der Waals surface area contributed by atoms with Crippen LogP contribution in [-0.4, -0.2) is 33.2 Å². The molecule has 0 bridgehead atoms. The SMILES string of the molecule is CC(=O)NCCNC1CCS(=O)(=O)c2ccc(F)cc21. The van der Waals surface area contributed by atoms with E-state index in [-0.39, 0.29) is 22.6 Å². The zero-order chi connectivity index (χ0) is 14.8. The Morgan fingerprint density at radius 2 is 2.15 bits per heavy atom. The largest absolute Gasteiger partial charge is 0.355 e. The van der Waals surface area contributed by atoms with Gasteiger partial charge in [-0.15, -0.1) is 0 Å². The molecule has 110 valence electrons. The van der Waals surface area contributed by atoms with Gasteiger partial charge in [-0.05, 0) is 30.2 Å². The maximum atomic E-state index is 13.3. The van der Waals surface area contributed by atoms with Crippen LogP contribution >= 0.6 is 0 Å². The van der Waals surface area contributed by atoms with Crippen molar-refractivity contribution in [3.63, 3.8) is 0 Å². The highest BCUT2D eigenvalue weighted by molar-refractivity contribution is 7.91. The van der Waals surface area contributed by atoms with Crippen LogP contribution in [0.2, 0.25) is 0 Å². The second-order valence-corrected chi connectivity index (χ2v) is 6.86. The minimum atomic E-state index is -3.31. The Kier molecular flexibility index (Phi) is 4.39. The third kappa shape index (κ3) is 3.34. The molecular formula is C13H17FN2O3S. The Hall–Kier alpha value is -1.47. The van der Waals surface area contributed by atoms with Crippen molar-refractivity contribution in [2.24, 2.45) is 0 Å². The highest BCUT2D eigenvalue weighted by Crippen LogP contribution is 2.32. The Labute approximate surface area is 117 Å². The summed E-state index contributed by atoms with van der Waals surface area (Å²) in [6, 6.07) is 3.54. The van der Waals surface area contributed by atoms with Gasteiger partial charge in [-0.2, -0.15) is 0 Å². The summed E-state index contributed by atoms with van der Waals surface area (Å²) in [4.78, 5) is 11.0. The third-order valence-corrected chi connectivity index (χ3v) is 5.06. The summed E-state index contributed by atoms with van der Waals surface area (Å²) in [6.07, 6.45) is 0.402. The molecule has 1 heterocycles. The molecule has 0 fully saturated rings. The zero-order valence-electron chi connectivity index (χ0n) is 11.1. The maximum absolute atomic E-state index is 13.3. The van der Waals surface area contributed by atoms with E-state index in [9.17, 15) is 17.6 Å². The molecular weight excluding hydrogens is 283 g/mol. The lowest BCUT2D eigenvalue weighted by Crippen LogP contribution is -2.35. The van der Waals surface area contributed by atoms with Gasteiger partial charge in [0.05, 0.1) is 10.6 Å². The van der Waals surface area contributed by atoms with Crippen molar-refractivity contribution in [1.29, 1.82) is 0 Å². The van der Waals surface area contributed by atoms with Gasteiger partial charge in [0.1, 0.15) is 5.82 Å². The van der Waals surface area contributed by atoms with Crippen molar-refractivity contribution >= 4 is 15.7 Å². The van der Waals surface area contributed by atoms with Crippen molar-refractivity contribution in [2.45, 2.75) is 24.3 Å². The van der Waals surface area contributed by atoms with Crippen molar-refractivity contribution < 1.29 is 17.6 Å². The lowest BCUT2D eigenvalue weighted by atomic mass is 10.0. The summed E-state index contributed by atoms with van der Waals surface area (Å²) < 4.78 is 37.2. The Balaban J connectivity index is 2.13. The van der Waals surface area contributed by atoms with Gasteiger partial charge in [-0.3, -0.25) is 4.79 Å². The van der Waals surface area contributed by atoms with Crippen molar-refractivity contribution in [3.05, 3.63) is 29.6 Å². The smallest absolute Gasteiger partial charge is 0.216 e. The number of hydrogen-bond acceptors (Lipinski definition) is 4. The molecule has 2 N–H and O–H groups in total. The van der Waals surface area contributed by atoms with E-state index in [1.165, 1.54) is 19.1 Å². The number of rotatable bonds is 4. The lowest BCUT2D eigenvalue weighted by Gasteiger charge is -2.26. The molecule has 2 rings (SSSR count). The van der Waals surface area contributed by atoms with Crippen LogP contribution in [0.5, 0.6) is 0 Å². The molecule has 20 heavy (non-hydrogen) atoms. The number of nitrogens with one attached hydrogen (secondary N) is 2. The van der Waals surface area contributed by atoms with Gasteiger partial charge in [0.25, 0.3) is 0 Å². The maximum Gasteiger partial charge on any atom is 0.216 e. The molecule has 1 atom stereocenters. The van der Waals surface area contributed by atoms with Crippen LogP contribution in [0.3, 0.4) is 0 Å². The predicted octanol–water partition coefficient (Wildman–Crippen LogP) is 0.770. The summed E-state index contributed by atoms with van der Waals surface area (Å²) in [5.74, 6) is -0.525. The second-order valence-electron chi connectivity index (χ2n) is 4.78. The summed E-state index contributed by atoms with van der Waals surface area (Å²) in [5.41, 5.74) is 0.471. The van der Waals surface area contributed by atoms with Gasteiger partial charge in [0.2, 0.25) is 5.91 Å². The number of amides is 1. The number of benzene rings is 1. The lowest BCUT2D eigenvalue weighted by molar-refractivity contribution is -0.118. The van der Waals surface area contributed by atoms with Crippen LogP contribution in [0.25, 0.3) is 0 Å². The van der Waals surface area contributed by atoms with Crippen LogP contribution in [0.4, 0.5) is 4.39 Å². The fourth-order valence-corrected chi connectivity index (χ4v) is 3.91. The first-order valence-electron chi connectivity index (χ1n) is 6.40.